The van der Waals surface area contributed by atoms with Crippen LogP contribution in [0.25, 0.3) is 17.2 Å². The van der Waals surface area contributed by atoms with E-state index in [1.807, 2.05) is 0 Å². The summed E-state index contributed by atoms with van der Waals surface area (Å²) in [5.41, 5.74) is 5.67. The standard InChI is InChI=1S/C22H28FNO/c1-6-7-8-18-20(16-9-11-17(23)12-10-16)19(13-25)22(15(4)5)24-21(18)14(2)3/h7-12,14-15,25H,6,13H2,1-5H3. The first-order valence-electron chi connectivity index (χ1n) is 9.00. The van der Waals surface area contributed by atoms with E-state index in [2.05, 4.69) is 46.8 Å². The van der Waals surface area contributed by atoms with Crippen molar-refractivity contribution in [3.63, 3.8) is 0 Å². The molecule has 0 saturated heterocycles. The SMILES string of the molecule is CCC=Cc1c(C(C)C)nc(C(C)C)c(CO)c1-c1ccc(F)cc1. The van der Waals surface area contributed by atoms with Crippen molar-refractivity contribution in [1.29, 1.82) is 0 Å². The fourth-order valence-electron chi connectivity index (χ4n) is 3.10. The summed E-state index contributed by atoms with van der Waals surface area (Å²) in [4.78, 5) is 4.91. The summed E-state index contributed by atoms with van der Waals surface area (Å²) in [5, 5.41) is 10.1. The highest BCUT2D eigenvalue weighted by molar-refractivity contribution is 5.80. The van der Waals surface area contributed by atoms with Gasteiger partial charge in [-0.05, 0) is 41.5 Å². The zero-order chi connectivity index (χ0) is 18.6. The Morgan fingerprint density at radius 2 is 1.64 bits per heavy atom. The molecule has 0 aliphatic carbocycles. The number of hydrogen-bond donors (Lipinski definition) is 1. The van der Waals surface area contributed by atoms with Crippen LogP contribution in [0.2, 0.25) is 0 Å². The summed E-state index contributed by atoms with van der Waals surface area (Å²) in [7, 11) is 0. The van der Waals surface area contributed by atoms with E-state index in [1.165, 1.54) is 12.1 Å². The van der Waals surface area contributed by atoms with Gasteiger partial charge in [0.1, 0.15) is 5.82 Å². The predicted octanol–water partition coefficient (Wildman–Crippen LogP) is 6.05. The van der Waals surface area contributed by atoms with Crippen LogP contribution in [0.15, 0.2) is 30.3 Å². The molecule has 0 saturated carbocycles. The van der Waals surface area contributed by atoms with Crippen LogP contribution < -0.4 is 0 Å². The molecule has 0 amide bonds. The zero-order valence-electron chi connectivity index (χ0n) is 15.8. The molecule has 1 N–H and O–H groups in total. The molecule has 0 radical (unpaired) electrons. The third-order valence-corrected chi connectivity index (χ3v) is 4.30. The quantitative estimate of drug-likeness (QED) is 0.694. The first-order chi connectivity index (χ1) is 11.9. The number of aliphatic hydroxyl groups is 1. The number of benzene rings is 1. The molecule has 0 bridgehead atoms. The van der Waals surface area contributed by atoms with E-state index in [4.69, 9.17) is 4.98 Å². The largest absolute Gasteiger partial charge is 0.392 e. The van der Waals surface area contributed by atoms with Gasteiger partial charge in [-0.15, -0.1) is 0 Å². The highest BCUT2D eigenvalue weighted by Crippen LogP contribution is 2.37. The minimum absolute atomic E-state index is 0.0848. The Balaban J connectivity index is 2.91. The third kappa shape index (κ3) is 4.16. The maximum atomic E-state index is 13.4. The van der Waals surface area contributed by atoms with Gasteiger partial charge in [0.05, 0.1) is 12.3 Å². The van der Waals surface area contributed by atoms with Crippen LogP contribution in [0.3, 0.4) is 0 Å². The van der Waals surface area contributed by atoms with E-state index >= 15 is 0 Å². The van der Waals surface area contributed by atoms with Crippen LogP contribution in [0.4, 0.5) is 4.39 Å². The second-order valence-electron chi connectivity index (χ2n) is 6.93. The Kier molecular flexibility index (Phi) is 6.49. The summed E-state index contributed by atoms with van der Waals surface area (Å²) in [6.45, 7) is 10.4. The lowest BCUT2D eigenvalue weighted by Gasteiger charge is -2.22. The van der Waals surface area contributed by atoms with Gasteiger partial charge in [-0.2, -0.15) is 0 Å². The summed E-state index contributed by atoms with van der Waals surface area (Å²) in [5.74, 6) is 0.186. The number of nitrogens with zero attached hydrogens (tertiary/aromatic N) is 1. The molecule has 25 heavy (non-hydrogen) atoms. The van der Waals surface area contributed by atoms with Gasteiger partial charge in [-0.25, -0.2) is 4.39 Å². The number of rotatable bonds is 6. The van der Waals surface area contributed by atoms with Crippen molar-refractivity contribution in [2.24, 2.45) is 0 Å². The molecule has 0 atom stereocenters. The minimum atomic E-state index is -0.262. The van der Waals surface area contributed by atoms with E-state index in [9.17, 15) is 9.50 Å². The summed E-state index contributed by atoms with van der Waals surface area (Å²) in [6, 6.07) is 6.49. The van der Waals surface area contributed by atoms with Crippen LogP contribution in [-0.2, 0) is 6.61 Å². The number of aromatic nitrogens is 1. The van der Waals surface area contributed by atoms with Gasteiger partial charge in [0.15, 0.2) is 0 Å². The van der Waals surface area contributed by atoms with E-state index in [1.54, 1.807) is 12.1 Å². The lowest BCUT2D eigenvalue weighted by Crippen LogP contribution is -2.10. The molecule has 0 aliphatic rings. The molecule has 0 fully saturated rings. The maximum absolute atomic E-state index is 13.4. The lowest BCUT2D eigenvalue weighted by molar-refractivity contribution is 0.280. The average Bonchev–Trinajstić information content (AvgIpc) is 2.58. The molecule has 2 nitrogen and oxygen atoms in total. The van der Waals surface area contributed by atoms with E-state index in [-0.39, 0.29) is 24.3 Å². The molecular formula is C22H28FNO. The first-order valence-corrected chi connectivity index (χ1v) is 9.00. The summed E-state index contributed by atoms with van der Waals surface area (Å²) >= 11 is 0. The van der Waals surface area contributed by atoms with Crippen LogP contribution in [-0.4, -0.2) is 10.1 Å². The fraction of sp³-hybridized carbons (Fsp3) is 0.409. The Morgan fingerprint density at radius 1 is 1.04 bits per heavy atom. The minimum Gasteiger partial charge on any atom is -0.392 e. The number of hydrogen-bond acceptors (Lipinski definition) is 2. The zero-order valence-corrected chi connectivity index (χ0v) is 15.8. The molecule has 0 aliphatic heterocycles. The van der Waals surface area contributed by atoms with Gasteiger partial charge >= 0.3 is 0 Å². The van der Waals surface area contributed by atoms with Gasteiger partial charge in [0, 0.05) is 16.8 Å². The van der Waals surface area contributed by atoms with Gasteiger partial charge in [0.2, 0.25) is 0 Å². The number of pyridine rings is 1. The monoisotopic (exact) mass is 341 g/mol. The van der Waals surface area contributed by atoms with E-state index in [0.29, 0.717) is 0 Å². The number of allylic oxidation sites excluding steroid dienone is 1. The van der Waals surface area contributed by atoms with Gasteiger partial charge in [-0.3, -0.25) is 4.98 Å². The van der Waals surface area contributed by atoms with Crippen molar-refractivity contribution in [2.75, 3.05) is 0 Å². The topological polar surface area (TPSA) is 33.1 Å². The van der Waals surface area contributed by atoms with Crippen molar-refractivity contribution in [3.05, 3.63) is 58.7 Å². The smallest absolute Gasteiger partial charge is 0.123 e. The third-order valence-electron chi connectivity index (χ3n) is 4.30. The highest BCUT2D eigenvalue weighted by Gasteiger charge is 2.22. The van der Waals surface area contributed by atoms with Crippen molar-refractivity contribution < 1.29 is 9.50 Å². The molecule has 1 aromatic heterocycles. The van der Waals surface area contributed by atoms with Crippen molar-refractivity contribution in [3.8, 4) is 11.1 Å². The van der Waals surface area contributed by atoms with Crippen LogP contribution in [0.5, 0.6) is 0 Å². The van der Waals surface area contributed by atoms with Crippen LogP contribution in [0, 0.1) is 5.82 Å². The molecule has 0 spiro atoms. The molecule has 3 heteroatoms. The number of halogens is 1. The molecule has 2 aromatic rings. The van der Waals surface area contributed by atoms with Crippen LogP contribution in [0.1, 0.15) is 75.4 Å². The molecule has 1 aromatic carbocycles. The maximum Gasteiger partial charge on any atom is 0.123 e. The lowest BCUT2D eigenvalue weighted by atomic mass is 9.87. The Morgan fingerprint density at radius 3 is 2.12 bits per heavy atom. The molecule has 0 unspecified atom stereocenters. The Hall–Kier alpha value is -2.00. The molecule has 1 heterocycles. The summed E-state index contributed by atoms with van der Waals surface area (Å²) < 4.78 is 13.4. The Labute approximate surface area is 150 Å². The van der Waals surface area contributed by atoms with Crippen LogP contribution >= 0.6 is 0 Å². The van der Waals surface area contributed by atoms with Crippen molar-refractivity contribution in [1.82, 2.24) is 4.98 Å². The predicted molar refractivity (Wildman–Crippen MR) is 103 cm³/mol. The summed E-state index contributed by atoms with van der Waals surface area (Å²) in [6.07, 6.45) is 5.11. The molecule has 134 valence electrons. The average molecular weight is 341 g/mol. The first kappa shape index (κ1) is 19.3. The van der Waals surface area contributed by atoms with Gasteiger partial charge < -0.3 is 5.11 Å². The van der Waals surface area contributed by atoms with Crippen molar-refractivity contribution in [2.45, 2.75) is 59.5 Å². The van der Waals surface area contributed by atoms with Gasteiger partial charge in [0.25, 0.3) is 0 Å². The number of aliphatic hydroxyl groups excluding tert-OH is 1. The molecule has 2 rings (SSSR count). The van der Waals surface area contributed by atoms with Gasteiger partial charge in [-0.1, -0.05) is 58.9 Å². The highest BCUT2D eigenvalue weighted by atomic mass is 19.1. The second kappa shape index (κ2) is 8.39. The second-order valence-corrected chi connectivity index (χ2v) is 6.93. The Bertz CT molecular complexity index is 746. The van der Waals surface area contributed by atoms with E-state index in [0.717, 1.165) is 40.1 Å². The van der Waals surface area contributed by atoms with Crippen molar-refractivity contribution >= 4 is 6.08 Å². The fourth-order valence-corrected chi connectivity index (χ4v) is 3.10. The van der Waals surface area contributed by atoms with E-state index < -0.39 is 0 Å². The normalized spacial score (nSPS) is 11.9. The molecular weight excluding hydrogens is 313 g/mol.